The van der Waals surface area contributed by atoms with Gasteiger partial charge in [-0.05, 0) is 56.5 Å². The Balaban J connectivity index is 0.00000220. The SMILES string of the molecule is Cl.NCCC1CCCN(CCOc2ccc(Cl)cc2Cl)C1. The molecular formula is C15H23Cl3N2O. The highest BCUT2D eigenvalue weighted by atomic mass is 35.5. The number of rotatable bonds is 6. The van der Waals surface area contributed by atoms with Crippen molar-refractivity contribution in [3.8, 4) is 5.75 Å². The summed E-state index contributed by atoms with van der Waals surface area (Å²) in [6.45, 7) is 4.65. The molecule has 0 bridgehead atoms. The Morgan fingerprint density at radius 2 is 2.14 bits per heavy atom. The van der Waals surface area contributed by atoms with Crippen molar-refractivity contribution in [1.29, 1.82) is 0 Å². The fourth-order valence-electron chi connectivity index (χ4n) is 2.70. The summed E-state index contributed by atoms with van der Waals surface area (Å²) < 4.78 is 5.73. The third-order valence-corrected chi connectivity index (χ3v) is 4.27. The van der Waals surface area contributed by atoms with Crippen LogP contribution in [0.3, 0.4) is 0 Å². The van der Waals surface area contributed by atoms with Gasteiger partial charge in [0, 0.05) is 18.1 Å². The van der Waals surface area contributed by atoms with Gasteiger partial charge in [0.2, 0.25) is 0 Å². The Labute approximate surface area is 143 Å². The van der Waals surface area contributed by atoms with Crippen molar-refractivity contribution < 1.29 is 4.74 Å². The maximum atomic E-state index is 6.08. The third kappa shape index (κ3) is 6.21. The zero-order valence-corrected chi connectivity index (χ0v) is 14.4. The molecule has 0 spiro atoms. The number of nitrogens with two attached hydrogens (primary N) is 1. The molecule has 1 fully saturated rings. The van der Waals surface area contributed by atoms with Crippen LogP contribution in [0.4, 0.5) is 0 Å². The molecule has 21 heavy (non-hydrogen) atoms. The van der Waals surface area contributed by atoms with Crippen LogP contribution in [0.2, 0.25) is 10.0 Å². The topological polar surface area (TPSA) is 38.5 Å². The van der Waals surface area contributed by atoms with E-state index in [0.717, 1.165) is 38.5 Å². The monoisotopic (exact) mass is 352 g/mol. The molecule has 6 heteroatoms. The van der Waals surface area contributed by atoms with Crippen LogP contribution in [-0.4, -0.2) is 37.7 Å². The fraction of sp³-hybridized carbons (Fsp3) is 0.600. The Morgan fingerprint density at radius 3 is 2.86 bits per heavy atom. The van der Waals surface area contributed by atoms with E-state index in [4.69, 9.17) is 33.7 Å². The van der Waals surface area contributed by atoms with Crippen LogP contribution in [0.15, 0.2) is 18.2 Å². The molecule has 1 aliphatic heterocycles. The molecule has 0 radical (unpaired) electrons. The smallest absolute Gasteiger partial charge is 0.138 e. The molecule has 2 rings (SSSR count). The standard InChI is InChI=1S/C15H22Cl2N2O.ClH/c16-13-3-4-15(14(17)10-13)20-9-8-19-7-1-2-12(11-19)5-6-18;/h3-4,10,12H,1-2,5-9,11,18H2;1H. The lowest BCUT2D eigenvalue weighted by atomic mass is 9.95. The second-order valence-corrected chi connectivity index (χ2v) is 6.15. The van der Waals surface area contributed by atoms with Crippen molar-refractivity contribution in [3.05, 3.63) is 28.2 Å². The van der Waals surface area contributed by atoms with E-state index in [1.807, 2.05) is 6.07 Å². The number of benzene rings is 1. The summed E-state index contributed by atoms with van der Waals surface area (Å²) >= 11 is 11.9. The van der Waals surface area contributed by atoms with E-state index in [0.29, 0.717) is 22.4 Å². The molecule has 1 heterocycles. The summed E-state index contributed by atoms with van der Waals surface area (Å²) in [7, 11) is 0. The van der Waals surface area contributed by atoms with Crippen LogP contribution in [0.5, 0.6) is 5.75 Å². The molecule has 1 aromatic rings. The van der Waals surface area contributed by atoms with Crippen LogP contribution >= 0.6 is 35.6 Å². The van der Waals surface area contributed by atoms with Crippen LogP contribution in [0.1, 0.15) is 19.3 Å². The molecular weight excluding hydrogens is 331 g/mol. The van der Waals surface area contributed by atoms with Gasteiger partial charge in [-0.15, -0.1) is 12.4 Å². The predicted octanol–water partition coefficient (Wildman–Crippen LogP) is 3.85. The lowest BCUT2D eigenvalue weighted by Crippen LogP contribution is -2.38. The van der Waals surface area contributed by atoms with Crippen molar-refractivity contribution in [3.63, 3.8) is 0 Å². The number of halogens is 3. The normalized spacial score (nSPS) is 19.1. The maximum absolute atomic E-state index is 6.08. The highest BCUT2D eigenvalue weighted by Crippen LogP contribution is 2.27. The van der Waals surface area contributed by atoms with Gasteiger partial charge in [0.1, 0.15) is 12.4 Å². The molecule has 1 aliphatic rings. The van der Waals surface area contributed by atoms with Crippen molar-refractivity contribution >= 4 is 35.6 Å². The Kier molecular flexibility index (Phi) is 8.76. The Hall–Kier alpha value is -0.190. The first-order valence-corrected chi connectivity index (χ1v) is 7.95. The van der Waals surface area contributed by atoms with Crippen LogP contribution in [-0.2, 0) is 0 Å². The molecule has 3 nitrogen and oxygen atoms in total. The number of ether oxygens (including phenoxy) is 1. The van der Waals surface area contributed by atoms with E-state index in [2.05, 4.69) is 4.90 Å². The van der Waals surface area contributed by atoms with Gasteiger partial charge in [-0.1, -0.05) is 23.2 Å². The average molecular weight is 354 g/mol. The van der Waals surface area contributed by atoms with E-state index < -0.39 is 0 Å². The van der Waals surface area contributed by atoms with Gasteiger partial charge in [-0.3, -0.25) is 4.90 Å². The first kappa shape index (κ1) is 18.9. The first-order chi connectivity index (χ1) is 9.69. The van der Waals surface area contributed by atoms with Crippen molar-refractivity contribution in [2.45, 2.75) is 19.3 Å². The molecule has 0 amide bonds. The van der Waals surface area contributed by atoms with E-state index in [-0.39, 0.29) is 12.4 Å². The summed E-state index contributed by atoms with van der Waals surface area (Å²) in [5.41, 5.74) is 5.64. The lowest BCUT2D eigenvalue weighted by Gasteiger charge is -2.32. The highest BCUT2D eigenvalue weighted by Gasteiger charge is 2.18. The Bertz CT molecular complexity index is 429. The number of piperidine rings is 1. The minimum atomic E-state index is 0. The van der Waals surface area contributed by atoms with Gasteiger partial charge in [0.05, 0.1) is 5.02 Å². The molecule has 2 N–H and O–H groups in total. The predicted molar refractivity (Wildman–Crippen MR) is 92.0 cm³/mol. The zero-order valence-electron chi connectivity index (χ0n) is 12.1. The largest absolute Gasteiger partial charge is 0.491 e. The summed E-state index contributed by atoms with van der Waals surface area (Å²) in [5, 5.41) is 1.19. The molecule has 0 aliphatic carbocycles. The molecule has 1 aromatic carbocycles. The van der Waals surface area contributed by atoms with E-state index in [1.54, 1.807) is 12.1 Å². The highest BCUT2D eigenvalue weighted by molar-refractivity contribution is 6.35. The lowest BCUT2D eigenvalue weighted by molar-refractivity contribution is 0.144. The van der Waals surface area contributed by atoms with Gasteiger partial charge >= 0.3 is 0 Å². The number of hydrogen-bond donors (Lipinski definition) is 1. The average Bonchev–Trinajstić information content (AvgIpc) is 2.42. The van der Waals surface area contributed by atoms with Crippen molar-refractivity contribution in [2.75, 3.05) is 32.8 Å². The summed E-state index contributed by atoms with van der Waals surface area (Å²) in [5.74, 6) is 1.44. The quantitative estimate of drug-likeness (QED) is 0.844. The van der Waals surface area contributed by atoms with Gasteiger partial charge < -0.3 is 10.5 Å². The van der Waals surface area contributed by atoms with Crippen LogP contribution in [0.25, 0.3) is 0 Å². The number of hydrogen-bond acceptors (Lipinski definition) is 3. The van der Waals surface area contributed by atoms with E-state index in [1.165, 1.54) is 12.8 Å². The van der Waals surface area contributed by atoms with Crippen molar-refractivity contribution in [2.24, 2.45) is 11.7 Å². The molecule has 0 saturated carbocycles. The third-order valence-electron chi connectivity index (χ3n) is 3.74. The second-order valence-electron chi connectivity index (χ2n) is 5.31. The van der Waals surface area contributed by atoms with Gasteiger partial charge in [-0.25, -0.2) is 0 Å². The summed E-state index contributed by atoms with van der Waals surface area (Å²) in [4.78, 5) is 2.45. The fourth-order valence-corrected chi connectivity index (χ4v) is 3.17. The maximum Gasteiger partial charge on any atom is 0.138 e. The minimum Gasteiger partial charge on any atom is -0.491 e. The van der Waals surface area contributed by atoms with E-state index >= 15 is 0 Å². The second kappa shape index (κ2) is 9.75. The van der Waals surface area contributed by atoms with Crippen LogP contribution < -0.4 is 10.5 Å². The van der Waals surface area contributed by atoms with Gasteiger partial charge in [0.25, 0.3) is 0 Å². The Morgan fingerprint density at radius 1 is 1.33 bits per heavy atom. The number of nitrogens with zero attached hydrogens (tertiary/aromatic N) is 1. The zero-order chi connectivity index (χ0) is 14.4. The minimum absolute atomic E-state index is 0. The molecule has 120 valence electrons. The summed E-state index contributed by atoms with van der Waals surface area (Å²) in [6, 6.07) is 5.32. The molecule has 1 atom stereocenters. The van der Waals surface area contributed by atoms with Gasteiger partial charge in [0.15, 0.2) is 0 Å². The molecule has 1 saturated heterocycles. The van der Waals surface area contributed by atoms with E-state index in [9.17, 15) is 0 Å². The molecule has 1 unspecified atom stereocenters. The summed E-state index contributed by atoms with van der Waals surface area (Å²) in [6.07, 6.45) is 3.68. The number of likely N-dealkylation sites (tertiary alicyclic amines) is 1. The van der Waals surface area contributed by atoms with Crippen molar-refractivity contribution in [1.82, 2.24) is 4.90 Å². The molecule has 0 aromatic heterocycles. The first-order valence-electron chi connectivity index (χ1n) is 7.19. The van der Waals surface area contributed by atoms with Crippen LogP contribution in [0, 0.1) is 5.92 Å². The van der Waals surface area contributed by atoms with Gasteiger partial charge in [-0.2, -0.15) is 0 Å².